The number of anilines is 1. The third-order valence-corrected chi connectivity index (χ3v) is 4.89. The first-order chi connectivity index (χ1) is 8.58. The molecule has 0 spiro atoms. The highest BCUT2D eigenvalue weighted by Crippen LogP contribution is 2.23. The molecule has 1 aromatic carbocycles. The predicted octanol–water partition coefficient (Wildman–Crippen LogP) is 5.13. The van der Waals surface area contributed by atoms with Crippen LogP contribution in [0.25, 0.3) is 0 Å². The van der Waals surface area contributed by atoms with Crippen LogP contribution in [-0.4, -0.2) is 4.98 Å². The van der Waals surface area contributed by atoms with E-state index in [-0.39, 0.29) is 0 Å². The zero-order chi connectivity index (χ0) is 13.1. The number of nitrogens with zero attached hydrogens (tertiary/aromatic N) is 1. The van der Waals surface area contributed by atoms with Gasteiger partial charge in [-0.1, -0.05) is 6.07 Å². The first-order valence-electron chi connectivity index (χ1n) is 5.37. The molecule has 0 saturated carbocycles. The summed E-state index contributed by atoms with van der Waals surface area (Å²) in [6, 6.07) is 8.26. The van der Waals surface area contributed by atoms with Crippen LogP contribution in [0.4, 0.5) is 5.69 Å². The van der Waals surface area contributed by atoms with Gasteiger partial charge in [0.15, 0.2) is 0 Å². The summed E-state index contributed by atoms with van der Waals surface area (Å²) in [6.07, 6.45) is 1.81. The van der Waals surface area contributed by atoms with Gasteiger partial charge in [0.25, 0.3) is 0 Å². The van der Waals surface area contributed by atoms with Gasteiger partial charge >= 0.3 is 0 Å². The van der Waals surface area contributed by atoms with Crippen LogP contribution < -0.4 is 5.32 Å². The number of hydrogen-bond donors (Lipinski definition) is 1. The first-order valence-corrected chi connectivity index (χ1v) is 8.03. The van der Waals surface area contributed by atoms with Gasteiger partial charge in [0.05, 0.1) is 12.2 Å². The maximum absolute atomic E-state index is 4.39. The third-order valence-electron chi connectivity index (χ3n) is 2.60. The third kappa shape index (κ3) is 3.45. The Bertz CT molecular complexity index is 573. The monoisotopic (exact) mass is 480 g/mol. The lowest BCUT2D eigenvalue weighted by Gasteiger charge is -2.11. The number of rotatable bonds is 3. The summed E-state index contributed by atoms with van der Waals surface area (Å²) in [7, 11) is 0. The van der Waals surface area contributed by atoms with Crippen LogP contribution in [0.2, 0.25) is 0 Å². The Kier molecular flexibility index (Phi) is 5.03. The second kappa shape index (κ2) is 6.34. The minimum Gasteiger partial charge on any atom is -0.379 e. The molecule has 18 heavy (non-hydrogen) atoms. The maximum atomic E-state index is 4.39. The molecular weight excluding hydrogens is 471 g/mol. The molecule has 1 heterocycles. The number of aromatic nitrogens is 1. The van der Waals surface area contributed by atoms with Crippen molar-refractivity contribution in [2.75, 3.05) is 5.32 Å². The van der Waals surface area contributed by atoms with Gasteiger partial charge in [-0.05, 0) is 85.1 Å². The van der Waals surface area contributed by atoms with E-state index >= 15 is 0 Å². The molecule has 0 fully saturated rings. The Morgan fingerprint density at radius 2 is 2.11 bits per heavy atom. The lowest BCUT2D eigenvalue weighted by molar-refractivity contribution is 1.02. The highest BCUT2D eigenvalue weighted by molar-refractivity contribution is 14.1. The van der Waals surface area contributed by atoms with Crippen LogP contribution in [0.15, 0.2) is 39.4 Å². The van der Waals surface area contributed by atoms with E-state index in [1.54, 1.807) is 0 Å². The molecular formula is C13H11Br2IN2. The molecule has 94 valence electrons. The zero-order valence-electron chi connectivity index (χ0n) is 9.67. The fourth-order valence-electron chi connectivity index (χ4n) is 1.55. The van der Waals surface area contributed by atoms with Crippen molar-refractivity contribution in [3.63, 3.8) is 0 Å². The zero-order valence-corrected chi connectivity index (χ0v) is 15.0. The summed E-state index contributed by atoms with van der Waals surface area (Å²) in [5, 5.41) is 3.42. The van der Waals surface area contributed by atoms with Crippen molar-refractivity contribution in [2.24, 2.45) is 0 Å². The second-order valence-electron chi connectivity index (χ2n) is 3.85. The van der Waals surface area contributed by atoms with Crippen LogP contribution in [0.5, 0.6) is 0 Å². The lowest BCUT2D eigenvalue weighted by atomic mass is 10.2. The Balaban J connectivity index is 2.14. The van der Waals surface area contributed by atoms with Gasteiger partial charge in [0, 0.05) is 24.4 Å². The molecule has 1 aromatic heterocycles. The average Bonchev–Trinajstić information content (AvgIpc) is 2.33. The summed E-state index contributed by atoms with van der Waals surface area (Å²) >= 11 is 9.26. The topological polar surface area (TPSA) is 24.9 Å². The smallest absolute Gasteiger partial charge is 0.0737 e. The van der Waals surface area contributed by atoms with Crippen LogP contribution in [-0.2, 0) is 6.54 Å². The van der Waals surface area contributed by atoms with Crippen molar-refractivity contribution in [1.82, 2.24) is 4.98 Å². The van der Waals surface area contributed by atoms with E-state index < -0.39 is 0 Å². The van der Waals surface area contributed by atoms with Crippen LogP contribution >= 0.6 is 54.5 Å². The molecule has 2 rings (SSSR count). The fourth-order valence-corrected chi connectivity index (χ4v) is 3.18. The van der Waals surface area contributed by atoms with E-state index in [1.807, 2.05) is 12.3 Å². The normalized spacial score (nSPS) is 10.4. The van der Waals surface area contributed by atoms with Gasteiger partial charge in [-0.25, -0.2) is 0 Å². The van der Waals surface area contributed by atoms with E-state index in [0.717, 1.165) is 20.3 Å². The first kappa shape index (κ1) is 14.3. The molecule has 1 N–H and O–H groups in total. The Hall–Kier alpha value is -0.140. The number of hydrogen-bond acceptors (Lipinski definition) is 2. The lowest BCUT2D eigenvalue weighted by Crippen LogP contribution is -2.04. The van der Waals surface area contributed by atoms with Gasteiger partial charge in [0.2, 0.25) is 0 Å². The van der Waals surface area contributed by atoms with Gasteiger partial charge in [-0.2, -0.15) is 0 Å². The molecule has 0 atom stereocenters. The molecule has 0 saturated heterocycles. The Morgan fingerprint density at radius 3 is 2.83 bits per heavy atom. The van der Waals surface area contributed by atoms with Crippen molar-refractivity contribution in [1.29, 1.82) is 0 Å². The van der Waals surface area contributed by atoms with E-state index in [2.05, 4.69) is 89.9 Å². The van der Waals surface area contributed by atoms with Crippen molar-refractivity contribution >= 4 is 60.1 Å². The van der Waals surface area contributed by atoms with Gasteiger partial charge in [-0.3, -0.25) is 4.98 Å². The Morgan fingerprint density at radius 1 is 1.33 bits per heavy atom. The highest BCUT2D eigenvalue weighted by Gasteiger charge is 2.05. The van der Waals surface area contributed by atoms with Gasteiger partial charge in [0.1, 0.15) is 0 Å². The summed E-state index contributed by atoms with van der Waals surface area (Å²) < 4.78 is 3.25. The SMILES string of the molecule is Cc1c(I)cccc1NCc1ncc(Br)cc1Br. The number of benzene rings is 1. The molecule has 0 aliphatic rings. The standard InChI is InChI=1S/C13H11Br2IN2/c1-8-11(16)3-2-4-12(8)18-7-13-10(15)5-9(14)6-17-13/h2-6,18H,7H2,1H3. The molecule has 0 aliphatic heterocycles. The molecule has 2 nitrogen and oxygen atoms in total. The largest absolute Gasteiger partial charge is 0.379 e. The van der Waals surface area contributed by atoms with E-state index in [9.17, 15) is 0 Å². The maximum Gasteiger partial charge on any atom is 0.0737 e. The number of pyridine rings is 1. The minimum absolute atomic E-state index is 0.703. The molecule has 0 radical (unpaired) electrons. The van der Waals surface area contributed by atoms with Gasteiger partial charge < -0.3 is 5.32 Å². The van der Waals surface area contributed by atoms with Crippen LogP contribution in [0, 0.1) is 10.5 Å². The Labute approximate surface area is 137 Å². The summed E-state index contributed by atoms with van der Waals surface area (Å²) in [4.78, 5) is 4.39. The van der Waals surface area contributed by atoms with E-state index in [0.29, 0.717) is 6.54 Å². The van der Waals surface area contributed by atoms with Gasteiger partial charge in [-0.15, -0.1) is 0 Å². The fraction of sp³-hybridized carbons (Fsp3) is 0.154. The molecule has 0 unspecified atom stereocenters. The number of halogens is 3. The summed E-state index contributed by atoms with van der Waals surface area (Å²) in [6.45, 7) is 2.82. The number of nitrogens with one attached hydrogen (secondary N) is 1. The second-order valence-corrected chi connectivity index (χ2v) is 6.78. The van der Waals surface area contributed by atoms with Crippen molar-refractivity contribution < 1.29 is 0 Å². The van der Waals surface area contributed by atoms with E-state index in [4.69, 9.17) is 0 Å². The van der Waals surface area contributed by atoms with Crippen molar-refractivity contribution in [2.45, 2.75) is 13.5 Å². The van der Waals surface area contributed by atoms with Crippen molar-refractivity contribution in [3.05, 3.63) is 54.2 Å². The quantitative estimate of drug-likeness (QED) is 0.615. The molecule has 0 amide bonds. The molecule has 0 bridgehead atoms. The molecule has 5 heteroatoms. The predicted molar refractivity (Wildman–Crippen MR) is 90.9 cm³/mol. The van der Waals surface area contributed by atoms with Crippen LogP contribution in [0.3, 0.4) is 0 Å². The molecule has 0 aliphatic carbocycles. The molecule has 2 aromatic rings. The van der Waals surface area contributed by atoms with E-state index in [1.165, 1.54) is 9.13 Å². The summed E-state index contributed by atoms with van der Waals surface area (Å²) in [5.41, 5.74) is 3.42. The summed E-state index contributed by atoms with van der Waals surface area (Å²) in [5.74, 6) is 0. The minimum atomic E-state index is 0.703. The highest BCUT2D eigenvalue weighted by atomic mass is 127. The van der Waals surface area contributed by atoms with Crippen molar-refractivity contribution in [3.8, 4) is 0 Å². The van der Waals surface area contributed by atoms with Crippen LogP contribution in [0.1, 0.15) is 11.3 Å². The average molecular weight is 482 g/mol.